The Kier molecular flexibility index (Phi) is 9.21. The SMILES string of the molecule is Cc1ccc(C)c(C=NC(C)C)c1O.[Cl][Zr][Cl]. The molecule has 0 saturated carbocycles. The van der Waals surface area contributed by atoms with Crippen molar-refractivity contribution in [3.63, 3.8) is 0 Å². The summed E-state index contributed by atoms with van der Waals surface area (Å²) in [6.07, 6.45) is 1.75. The van der Waals surface area contributed by atoms with Gasteiger partial charge in [0.2, 0.25) is 0 Å². The van der Waals surface area contributed by atoms with E-state index >= 15 is 0 Å². The van der Waals surface area contributed by atoms with Crippen molar-refractivity contribution in [2.45, 2.75) is 33.7 Å². The molecule has 1 aromatic carbocycles. The van der Waals surface area contributed by atoms with E-state index in [4.69, 9.17) is 17.0 Å². The first-order chi connectivity index (χ1) is 7.93. The minimum atomic E-state index is -0.826. The second kappa shape index (κ2) is 9.13. The van der Waals surface area contributed by atoms with Gasteiger partial charge in [-0.3, -0.25) is 4.99 Å². The van der Waals surface area contributed by atoms with Crippen molar-refractivity contribution in [1.82, 2.24) is 0 Å². The van der Waals surface area contributed by atoms with E-state index in [-0.39, 0.29) is 6.04 Å². The third kappa shape index (κ3) is 6.59. The maximum atomic E-state index is 9.80. The van der Waals surface area contributed by atoms with Gasteiger partial charge in [-0.05, 0) is 38.8 Å². The van der Waals surface area contributed by atoms with Crippen molar-refractivity contribution in [2.75, 3.05) is 0 Å². The number of hydrogen-bond acceptors (Lipinski definition) is 2. The second-order valence-electron chi connectivity index (χ2n) is 3.90. The number of phenolic OH excluding ortho intramolecular Hbond substituents is 1. The minimum absolute atomic E-state index is 0.259. The van der Waals surface area contributed by atoms with Crippen LogP contribution in [0.25, 0.3) is 0 Å². The molecule has 2 nitrogen and oxygen atoms in total. The van der Waals surface area contributed by atoms with Crippen LogP contribution in [-0.2, 0) is 20.8 Å². The number of nitrogens with zero attached hydrogens (tertiary/aromatic N) is 1. The summed E-state index contributed by atoms with van der Waals surface area (Å²) in [5.74, 6) is 0.342. The van der Waals surface area contributed by atoms with Crippen LogP contribution in [0.2, 0.25) is 0 Å². The fraction of sp³-hybridized carbons (Fsp3) is 0.417. The molecular weight excluding hydrogens is 336 g/mol. The normalized spacial score (nSPS) is 10.3. The first-order valence-corrected chi connectivity index (χ1v) is 11.6. The van der Waals surface area contributed by atoms with Crippen molar-refractivity contribution in [2.24, 2.45) is 4.99 Å². The Morgan fingerprint density at radius 1 is 1.24 bits per heavy atom. The summed E-state index contributed by atoms with van der Waals surface area (Å²) < 4.78 is 0. The van der Waals surface area contributed by atoms with Crippen LogP contribution >= 0.6 is 17.0 Å². The molecule has 0 amide bonds. The van der Waals surface area contributed by atoms with Gasteiger partial charge in [0.1, 0.15) is 5.75 Å². The summed E-state index contributed by atoms with van der Waals surface area (Å²) in [6, 6.07) is 4.17. The summed E-state index contributed by atoms with van der Waals surface area (Å²) in [6.45, 7) is 7.89. The standard InChI is InChI=1S/C12H17NO.2ClH.Zr/c1-8(2)13-7-11-9(3)5-6-10(4)12(11)14;;;/h5-8,14H,1-4H3;2*1H;/q;;;+2/p-2. The van der Waals surface area contributed by atoms with Crippen molar-refractivity contribution in [3.8, 4) is 5.75 Å². The molecule has 0 spiro atoms. The molecule has 5 heteroatoms. The molecule has 0 fully saturated rings. The number of aliphatic imine (C=N–C) groups is 1. The topological polar surface area (TPSA) is 32.6 Å². The predicted molar refractivity (Wildman–Crippen MR) is 72.0 cm³/mol. The predicted octanol–water partition coefficient (Wildman–Crippen LogP) is 4.21. The average Bonchev–Trinajstić information content (AvgIpc) is 2.24. The molecule has 94 valence electrons. The molecular formula is C12H17Cl2NOZr. The number of halogens is 2. The second-order valence-corrected chi connectivity index (χ2v) is 7.64. The van der Waals surface area contributed by atoms with Crippen LogP contribution in [0, 0.1) is 13.8 Å². The van der Waals surface area contributed by atoms with Crippen LogP contribution in [0.1, 0.15) is 30.5 Å². The molecule has 1 rings (SSSR count). The van der Waals surface area contributed by atoms with Crippen LogP contribution in [0.4, 0.5) is 0 Å². The van der Waals surface area contributed by atoms with E-state index in [1.807, 2.05) is 39.8 Å². The van der Waals surface area contributed by atoms with E-state index in [1.165, 1.54) is 0 Å². The Hall–Kier alpha value is 0.153. The van der Waals surface area contributed by atoms with Crippen LogP contribution in [0.15, 0.2) is 17.1 Å². The molecule has 0 unspecified atom stereocenters. The van der Waals surface area contributed by atoms with Gasteiger partial charge in [0.05, 0.1) is 0 Å². The van der Waals surface area contributed by atoms with Gasteiger partial charge in [0, 0.05) is 17.8 Å². The van der Waals surface area contributed by atoms with Crippen molar-refractivity contribution in [1.29, 1.82) is 0 Å². The first kappa shape index (κ1) is 17.2. The Bertz CT molecular complexity index is 381. The van der Waals surface area contributed by atoms with Gasteiger partial charge in [-0.2, -0.15) is 0 Å². The number of benzene rings is 1. The monoisotopic (exact) mass is 351 g/mol. The van der Waals surface area contributed by atoms with E-state index in [0.29, 0.717) is 5.75 Å². The van der Waals surface area contributed by atoms with E-state index in [2.05, 4.69) is 4.99 Å². The summed E-state index contributed by atoms with van der Waals surface area (Å²) in [5.41, 5.74) is 2.78. The number of phenols is 1. The molecule has 0 aliphatic carbocycles. The number of aromatic hydroxyl groups is 1. The van der Waals surface area contributed by atoms with Crippen molar-refractivity contribution < 1.29 is 26.0 Å². The first-order valence-electron chi connectivity index (χ1n) is 5.22. The Balaban J connectivity index is 0.000000770. The number of rotatable bonds is 2. The van der Waals surface area contributed by atoms with E-state index in [9.17, 15) is 5.11 Å². The summed E-state index contributed by atoms with van der Waals surface area (Å²) in [5, 5.41) is 9.80. The molecule has 1 aromatic rings. The molecule has 0 radical (unpaired) electrons. The zero-order valence-electron chi connectivity index (χ0n) is 10.5. The third-order valence-electron chi connectivity index (χ3n) is 2.14. The zero-order chi connectivity index (χ0) is 13.4. The van der Waals surface area contributed by atoms with Gasteiger partial charge < -0.3 is 5.11 Å². The summed E-state index contributed by atoms with van der Waals surface area (Å²) >= 11 is -0.826. The van der Waals surface area contributed by atoms with Gasteiger partial charge in [0.15, 0.2) is 0 Å². The van der Waals surface area contributed by atoms with Crippen LogP contribution < -0.4 is 0 Å². The summed E-state index contributed by atoms with van der Waals surface area (Å²) in [7, 11) is 9.87. The molecule has 0 bridgehead atoms. The van der Waals surface area contributed by atoms with Crippen molar-refractivity contribution >= 4 is 23.2 Å². The van der Waals surface area contributed by atoms with Crippen LogP contribution in [-0.4, -0.2) is 17.4 Å². The maximum absolute atomic E-state index is 9.80. The zero-order valence-corrected chi connectivity index (χ0v) is 14.4. The van der Waals surface area contributed by atoms with Crippen molar-refractivity contribution in [3.05, 3.63) is 28.8 Å². The number of aryl methyl sites for hydroxylation is 2. The quantitative estimate of drug-likeness (QED) is 0.794. The van der Waals surface area contributed by atoms with E-state index < -0.39 is 20.8 Å². The Morgan fingerprint density at radius 3 is 2.18 bits per heavy atom. The molecule has 0 aliphatic heterocycles. The summed E-state index contributed by atoms with van der Waals surface area (Å²) in [4.78, 5) is 4.27. The van der Waals surface area contributed by atoms with Gasteiger partial charge in [-0.15, -0.1) is 0 Å². The fourth-order valence-electron chi connectivity index (χ4n) is 1.20. The van der Waals surface area contributed by atoms with Gasteiger partial charge in [0.25, 0.3) is 0 Å². The molecule has 0 aromatic heterocycles. The third-order valence-corrected chi connectivity index (χ3v) is 2.14. The molecule has 1 N–H and O–H groups in total. The van der Waals surface area contributed by atoms with Gasteiger partial charge in [-0.25, -0.2) is 0 Å². The molecule has 0 atom stereocenters. The fourth-order valence-corrected chi connectivity index (χ4v) is 1.20. The molecule has 0 saturated heterocycles. The van der Waals surface area contributed by atoms with E-state index in [1.54, 1.807) is 6.21 Å². The number of hydrogen-bond donors (Lipinski definition) is 1. The van der Waals surface area contributed by atoms with Crippen LogP contribution in [0.3, 0.4) is 0 Å². The molecule has 17 heavy (non-hydrogen) atoms. The Labute approximate surface area is 122 Å². The molecule has 0 heterocycles. The molecule has 0 aliphatic rings. The van der Waals surface area contributed by atoms with Gasteiger partial charge >= 0.3 is 37.9 Å². The van der Waals surface area contributed by atoms with Crippen LogP contribution in [0.5, 0.6) is 5.75 Å². The average molecular weight is 353 g/mol. The Morgan fingerprint density at radius 2 is 1.71 bits per heavy atom. The van der Waals surface area contributed by atoms with E-state index in [0.717, 1.165) is 16.7 Å². The van der Waals surface area contributed by atoms with Gasteiger partial charge in [-0.1, -0.05) is 12.1 Å².